The number of hydrogen-bond donors (Lipinski definition) is 0. The monoisotopic (exact) mass is 716 g/mol. The summed E-state index contributed by atoms with van der Waals surface area (Å²) in [5.74, 6) is 0. The molecule has 0 aliphatic carbocycles. The third kappa shape index (κ3) is 9.25. The van der Waals surface area contributed by atoms with E-state index in [0.717, 1.165) is 59.2 Å². The summed E-state index contributed by atoms with van der Waals surface area (Å²) in [4.78, 5) is 15.4. The van der Waals surface area contributed by atoms with Gasteiger partial charge in [-0.05, 0) is 125 Å². The zero-order valence-electron chi connectivity index (χ0n) is 30.9. The lowest BCUT2D eigenvalue weighted by Gasteiger charge is -2.26. The lowest BCUT2D eigenvalue weighted by atomic mass is 10.1. The van der Waals surface area contributed by atoms with Crippen LogP contribution in [0.4, 0.5) is 34.1 Å². The number of para-hydroxylation sites is 2. The molecule has 8 aromatic rings. The van der Waals surface area contributed by atoms with Crippen LogP contribution in [0.3, 0.4) is 0 Å². The molecule has 1 aliphatic heterocycles. The topological polar surface area (TPSA) is 32.8 Å². The Morgan fingerprint density at radius 1 is 0.400 bits per heavy atom. The average Bonchev–Trinajstić information content (AvgIpc) is 3.86. The third-order valence-electron chi connectivity index (χ3n) is 9.51. The van der Waals surface area contributed by atoms with Crippen molar-refractivity contribution in [3.05, 3.63) is 212 Å². The van der Waals surface area contributed by atoms with E-state index in [1.807, 2.05) is 54.6 Å². The van der Waals surface area contributed by atoms with Crippen molar-refractivity contribution in [1.29, 1.82) is 0 Å². The normalized spacial score (nSPS) is 11.8. The van der Waals surface area contributed by atoms with Crippen molar-refractivity contribution in [1.82, 2.24) is 0 Å². The van der Waals surface area contributed by atoms with Gasteiger partial charge >= 0.3 is 0 Å². The Morgan fingerprint density at radius 2 is 0.764 bits per heavy atom. The Bertz CT molecular complexity index is 2260. The van der Waals surface area contributed by atoms with E-state index in [4.69, 9.17) is 4.74 Å². The standard InChI is InChI=1S/C24H19N.C23H17NO.C4H8O/c1-2-19-12-15-23(16-13-19)25(22-10-4-3-5-11-22)24-17-14-20-8-6-7-9-21(20)18-24;25-17-18-10-13-22(14-11-18)24(21-8-2-1-3-9-21)23-15-12-19-6-4-5-7-20(19)16-23;1-2-4-5-3-1/h2-18H,1H2;1-17H;1-4H2. The Hall–Kier alpha value is -6.75. The van der Waals surface area contributed by atoms with Crippen LogP contribution in [0.1, 0.15) is 28.8 Å². The van der Waals surface area contributed by atoms with E-state index < -0.39 is 0 Å². The van der Waals surface area contributed by atoms with Crippen LogP contribution in [0.2, 0.25) is 0 Å². The molecular weight excluding hydrogens is 673 g/mol. The molecule has 0 N–H and O–H groups in total. The molecule has 1 heterocycles. The van der Waals surface area contributed by atoms with Crippen LogP contribution in [-0.2, 0) is 4.74 Å². The SMILES string of the molecule is C1CCOC1.C=Cc1ccc(N(c2ccccc2)c2ccc3ccccc3c2)cc1.O=Cc1ccc(N(c2ccccc2)c2ccc3ccccc3c2)cc1. The van der Waals surface area contributed by atoms with Gasteiger partial charge in [0.1, 0.15) is 6.29 Å². The van der Waals surface area contributed by atoms with Crippen LogP contribution < -0.4 is 9.80 Å². The van der Waals surface area contributed by atoms with Gasteiger partial charge in [0, 0.05) is 52.9 Å². The van der Waals surface area contributed by atoms with Crippen molar-refractivity contribution in [2.75, 3.05) is 23.0 Å². The molecule has 0 bridgehead atoms. The first-order chi connectivity index (χ1) is 27.2. The molecular formula is C51H44N2O2. The van der Waals surface area contributed by atoms with E-state index in [2.05, 4.69) is 162 Å². The summed E-state index contributed by atoms with van der Waals surface area (Å²) >= 11 is 0. The van der Waals surface area contributed by atoms with Crippen LogP contribution in [0, 0.1) is 0 Å². The second-order valence-corrected chi connectivity index (χ2v) is 13.2. The Balaban J connectivity index is 0.000000150. The number of carbonyl (C=O) groups excluding carboxylic acids is 1. The Labute approximate surface area is 324 Å². The predicted molar refractivity (Wildman–Crippen MR) is 233 cm³/mol. The number of rotatable bonds is 8. The fourth-order valence-electron chi connectivity index (χ4n) is 6.65. The lowest BCUT2D eigenvalue weighted by Crippen LogP contribution is -2.09. The number of anilines is 6. The number of fused-ring (bicyclic) bond motifs is 2. The molecule has 0 unspecified atom stereocenters. The second kappa shape index (κ2) is 18.3. The summed E-state index contributed by atoms with van der Waals surface area (Å²) in [5, 5.41) is 4.91. The molecule has 55 heavy (non-hydrogen) atoms. The van der Waals surface area contributed by atoms with E-state index >= 15 is 0 Å². The predicted octanol–water partition coefficient (Wildman–Crippen LogP) is 13.9. The minimum atomic E-state index is 0.676. The molecule has 0 radical (unpaired) electrons. The zero-order valence-corrected chi connectivity index (χ0v) is 30.9. The van der Waals surface area contributed by atoms with Gasteiger partial charge in [0.25, 0.3) is 0 Å². The lowest BCUT2D eigenvalue weighted by molar-refractivity contribution is 0.112. The van der Waals surface area contributed by atoms with Gasteiger partial charge in [-0.25, -0.2) is 0 Å². The molecule has 0 atom stereocenters. The van der Waals surface area contributed by atoms with Crippen LogP contribution in [-0.4, -0.2) is 19.5 Å². The highest BCUT2D eigenvalue weighted by Crippen LogP contribution is 2.37. The summed E-state index contributed by atoms with van der Waals surface area (Å²) in [6.45, 7) is 5.84. The molecule has 270 valence electrons. The number of ether oxygens (including phenoxy) is 1. The summed E-state index contributed by atoms with van der Waals surface area (Å²) in [6, 6.07) is 66.7. The van der Waals surface area contributed by atoms with Crippen molar-refractivity contribution < 1.29 is 9.53 Å². The number of aldehydes is 1. The minimum Gasteiger partial charge on any atom is -0.381 e. The van der Waals surface area contributed by atoms with E-state index in [9.17, 15) is 4.79 Å². The maximum absolute atomic E-state index is 11.0. The molecule has 0 amide bonds. The van der Waals surface area contributed by atoms with E-state index in [1.54, 1.807) is 0 Å². The summed E-state index contributed by atoms with van der Waals surface area (Å²) in [5.41, 5.74) is 8.41. The summed E-state index contributed by atoms with van der Waals surface area (Å²) < 4.78 is 4.94. The van der Waals surface area contributed by atoms with Crippen LogP contribution in [0.5, 0.6) is 0 Å². The van der Waals surface area contributed by atoms with Crippen molar-refractivity contribution in [2.24, 2.45) is 0 Å². The molecule has 9 rings (SSSR count). The van der Waals surface area contributed by atoms with Gasteiger partial charge in [-0.2, -0.15) is 0 Å². The number of nitrogens with zero attached hydrogens (tertiary/aromatic N) is 2. The Kier molecular flexibility index (Phi) is 12.2. The number of carbonyl (C=O) groups is 1. The van der Waals surface area contributed by atoms with Gasteiger partial charge in [0.2, 0.25) is 0 Å². The van der Waals surface area contributed by atoms with Gasteiger partial charge in [0.15, 0.2) is 0 Å². The van der Waals surface area contributed by atoms with Gasteiger partial charge < -0.3 is 14.5 Å². The zero-order chi connectivity index (χ0) is 37.7. The van der Waals surface area contributed by atoms with Crippen molar-refractivity contribution >= 4 is 68.0 Å². The summed E-state index contributed by atoms with van der Waals surface area (Å²) in [7, 11) is 0. The van der Waals surface area contributed by atoms with Gasteiger partial charge in [0.05, 0.1) is 0 Å². The van der Waals surface area contributed by atoms with Crippen LogP contribution in [0.15, 0.2) is 201 Å². The third-order valence-corrected chi connectivity index (χ3v) is 9.51. The van der Waals surface area contributed by atoms with Gasteiger partial charge in [-0.15, -0.1) is 0 Å². The maximum atomic E-state index is 11.0. The van der Waals surface area contributed by atoms with Crippen molar-refractivity contribution in [2.45, 2.75) is 12.8 Å². The summed E-state index contributed by atoms with van der Waals surface area (Å²) in [6.07, 6.45) is 5.29. The maximum Gasteiger partial charge on any atom is 0.150 e. The highest BCUT2D eigenvalue weighted by molar-refractivity contribution is 5.90. The van der Waals surface area contributed by atoms with E-state index in [1.165, 1.54) is 34.4 Å². The molecule has 1 aliphatic rings. The molecule has 0 spiro atoms. The first kappa shape index (κ1) is 36.6. The van der Waals surface area contributed by atoms with E-state index in [0.29, 0.717) is 5.56 Å². The highest BCUT2D eigenvalue weighted by atomic mass is 16.5. The first-order valence-corrected chi connectivity index (χ1v) is 18.7. The van der Waals surface area contributed by atoms with E-state index in [-0.39, 0.29) is 0 Å². The fraction of sp³-hybridized carbons (Fsp3) is 0.0784. The largest absolute Gasteiger partial charge is 0.381 e. The second-order valence-electron chi connectivity index (χ2n) is 13.2. The quantitative estimate of drug-likeness (QED) is 0.147. The molecule has 0 aromatic heterocycles. The molecule has 4 heteroatoms. The van der Waals surface area contributed by atoms with Crippen molar-refractivity contribution in [3.8, 4) is 0 Å². The Morgan fingerprint density at radius 3 is 1.15 bits per heavy atom. The molecule has 1 fully saturated rings. The minimum absolute atomic E-state index is 0.676. The fourth-order valence-corrected chi connectivity index (χ4v) is 6.65. The van der Waals surface area contributed by atoms with Crippen LogP contribution in [0.25, 0.3) is 27.6 Å². The smallest absolute Gasteiger partial charge is 0.150 e. The number of benzene rings is 8. The van der Waals surface area contributed by atoms with Crippen LogP contribution >= 0.6 is 0 Å². The average molecular weight is 717 g/mol. The molecule has 1 saturated heterocycles. The van der Waals surface area contributed by atoms with Gasteiger partial charge in [-0.3, -0.25) is 4.79 Å². The molecule has 8 aromatic carbocycles. The first-order valence-electron chi connectivity index (χ1n) is 18.7. The van der Waals surface area contributed by atoms with Gasteiger partial charge in [-0.1, -0.05) is 122 Å². The molecule has 0 saturated carbocycles. The van der Waals surface area contributed by atoms with Crippen molar-refractivity contribution in [3.63, 3.8) is 0 Å². The molecule has 4 nitrogen and oxygen atoms in total. The highest BCUT2D eigenvalue weighted by Gasteiger charge is 2.14. The number of hydrogen-bond acceptors (Lipinski definition) is 4.